The van der Waals surface area contributed by atoms with Gasteiger partial charge in [0, 0.05) is 30.4 Å². The summed E-state index contributed by atoms with van der Waals surface area (Å²) in [6.07, 6.45) is 4.75. The summed E-state index contributed by atoms with van der Waals surface area (Å²) >= 11 is 0. The SMILES string of the molecule is CNc1nc(NCc2cc(CO[Si](C)(C)C(C)(C)C)ccn2)c2c(-c3ccc4ncc(O)cc4c3)cn(S(=O)(=O)Cc3ccccc3)c2n1. The number of anilines is 2. The summed E-state index contributed by atoms with van der Waals surface area (Å²) in [6.45, 7) is 11.9. The van der Waals surface area contributed by atoms with Gasteiger partial charge in [-0.25, -0.2) is 12.4 Å². The molecule has 0 fully saturated rings. The first-order chi connectivity index (χ1) is 23.2. The first kappa shape index (κ1) is 34.0. The smallest absolute Gasteiger partial charge is 0.244 e. The van der Waals surface area contributed by atoms with Gasteiger partial charge < -0.3 is 20.2 Å². The maximum atomic E-state index is 14.0. The van der Waals surface area contributed by atoms with Crippen LogP contribution in [0.2, 0.25) is 18.1 Å². The molecule has 0 bridgehead atoms. The molecule has 0 unspecified atom stereocenters. The number of hydrogen-bond donors (Lipinski definition) is 3. The fourth-order valence-electron chi connectivity index (χ4n) is 5.28. The van der Waals surface area contributed by atoms with E-state index in [2.05, 4.69) is 59.5 Å². The Hall–Kier alpha value is -4.85. The second kappa shape index (κ2) is 13.2. The highest BCUT2D eigenvalue weighted by molar-refractivity contribution is 7.89. The molecule has 0 radical (unpaired) electrons. The van der Waals surface area contributed by atoms with Crippen LogP contribution in [0.15, 0.2) is 85.3 Å². The van der Waals surface area contributed by atoms with Crippen molar-refractivity contribution in [3.63, 3.8) is 0 Å². The molecule has 0 aliphatic carbocycles. The lowest BCUT2D eigenvalue weighted by Gasteiger charge is -2.36. The van der Waals surface area contributed by atoms with Crippen molar-refractivity contribution in [2.24, 2.45) is 0 Å². The van der Waals surface area contributed by atoms with Crippen LogP contribution < -0.4 is 10.6 Å². The molecule has 0 saturated carbocycles. The minimum absolute atomic E-state index is 0.0336. The van der Waals surface area contributed by atoms with E-state index in [1.807, 2.05) is 48.5 Å². The number of nitrogens with one attached hydrogen (secondary N) is 2. The van der Waals surface area contributed by atoms with Crippen LogP contribution in [-0.2, 0) is 33.4 Å². The second-order valence-corrected chi connectivity index (χ2v) is 20.2. The molecule has 4 aromatic heterocycles. The molecule has 13 heteroatoms. The molecule has 254 valence electrons. The lowest BCUT2D eigenvalue weighted by Crippen LogP contribution is -2.40. The molecule has 4 heterocycles. The van der Waals surface area contributed by atoms with Crippen LogP contribution in [-0.4, -0.2) is 52.8 Å². The largest absolute Gasteiger partial charge is 0.506 e. The Labute approximate surface area is 287 Å². The van der Waals surface area contributed by atoms with Gasteiger partial charge in [-0.3, -0.25) is 9.97 Å². The summed E-state index contributed by atoms with van der Waals surface area (Å²) in [6, 6.07) is 20.2. The van der Waals surface area contributed by atoms with E-state index in [-0.39, 0.29) is 28.1 Å². The molecule has 0 saturated heterocycles. The zero-order valence-electron chi connectivity index (χ0n) is 28.5. The van der Waals surface area contributed by atoms with E-state index in [0.29, 0.717) is 51.9 Å². The Bertz CT molecular complexity index is 2250. The first-order valence-electron chi connectivity index (χ1n) is 16.0. The normalized spacial score (nSPS) is 12.4. The molecular weight excluding hydrogens is 655 g/mol. The number of nitrogens with zero attached hydrogens (tertiary/aromatic N) is 5. The Morgan fingerprint density at radius 2 is 1.73 bits per heavy atom. The summed E-state index contributed by atoms with van der Waals surface area (Å²) < 4.78 is 35.8. The molecular formula is C36H41N7O4SSi. The van der Waals surface area contributed by atoms with E-state index in [1.54, 1.807) is 37.6 Å². The average molecular weight is 696 g/mol. The highest BCUT2D eigenvalue weighted by atomic mass is 32.2. The highest BCUT2D eigenvalue weighted by Crippen LogP contribution is 2.39. The van der Waals surface area contributed by atoms with E-state index >= 15 is 0 Å². The molecule has 0 amide bonds. The van der Waals surface area contributed by atoms with Gasteiger partial charge in [0.15, 0.2) is 14.0 Å². The monoisotopic (exact) mass is 695 g/mol. The fourth-order valence-corrected chi connectivity index (χ4v) is 7.66. The Morgan fingerprint density at radius 3 is 2.47 bits per heavy atom. The van der Waals surface area contributed by atoms with E-state index in [9.17, 15) is 13.5 Å². The van der Waals surface area contributed by atoms with Crippen molar-refractivity contribution in [2.75, 3.05) is 17.7 Å². The molecule has 11 nitrogen and oxygen atoms in total. The Balaban J connectivity index is 1.43. The summed E-state index contributed by atoms with van der Waals surface area (Å²) in [4.78, 5) is 18.3. The molecule has 0 aliphatic heterocycles. The van der Waals surface area contributed by atoms with Crippen molar-refractivity contribution >= 4 is 52.0 Å². The number of pyridine rings is 2. The molecule has 0 spiro atoms. The maximum absolute atomic E-state index is 14.0. The number of aromatic hydroxyl groups is 1. The van der Waals surface area contributed by atoms with Crippen LogP contribution >= 0.6 is 0 Å². The molecule has 6 aromatic rings. The molecule has 0 aliphatic rings. The minimum atomic E-state index is -3.92. The van der Waals surface area contributed by atoms with Crippen molar-refractivity contribution in [1.29, 1.82) is 0 Å². The average Bonchev–Trinajstić information content (AvgIpc) is 3.47. The summed E-state index contributed by atoms with van der Waals surface area (Å²) in [5, 5.41) is 17.9. The summed E-state index contributed by atoms with van der Waals surface area (Å²) in [5.41, 5.74) is 4.69. The fraction of sp³-hybridized carbons (Fsp3) is 0.278. The summed E-state index contributed by atoms with van der Waals surface area (Å²) in [7, 11) is -4.18. The topological polar surface area (TPSA) is 144 Å². The van der Waals surface area contributed by atoms with Crippen molar-refractivity contribution < 1.29 is 18.0 Å². The summed E-state index contributed by atoms with van der Waals surface area (Å²) in [5.74, 6) is 0.512. The van der Waals surface area contributed by atoms with Crippen LogP contribution in [0.25, 0.3) is 33.1 Å². The predicted octanol–water partition coefficient (Wildman–Crippen LogP) is 7.30. The third-order valence-corrected chi connectivity index (χ3v) is 15.1. The van der Waals surface area contributed by atoms with Crippen LogP contribution in [0.4, 0.5) is 11.8 Å². The lowest BCUT2D eigenvalue weighted by molar-refractivity contribution is 0.276. The van der Waals surface area contributed by atoms with Crippen molar-refractivity contribution in [3.8, 4) is 16.9 Å². The van der Waals surface area contributed by atoms with Gasteiger partial charge >= 0.3 is 0 Å². The standard InChI is InChI=1S/C36H41N7O4SSi/c1-36(2,3)49(5,6)47-22-25-14-15-38-28(16-25)19-40-33-32-30(26-12-13-31-27(17-26)18-29(44)20-39-31)21-43(34(32)42-35(37-4)41-33)48(45,46)23-24-10-8-7-9-11-24/h7-18,20-21,44H,19,22-23H2,1-6H3,(H2,37,40,41,42). The van der Waals surface area contributed by atoms with Gasteiger partial charge in [-0.1, -0.05) is 57.2 Å². The van der Waals surface area contributed by atoms with Gasteiger partial charge in [0.1, 0.15) is 11.6 Å². The zero-order chi connectivity index (χ0) is 35.0. The third-order valence-electron chi connectivity index (χ3n) is 9.03. The van der Waals surface area contributed by atoms with E-state index in [0.717, 1.165) is 11.3 Å². The van der Waals surface area contributed by atoms with Gasteiger partial charge in [-0.15, -0.1) is 0 Å². The highest BCUT2D eigenvalue weighted by Gasteiger charge is 2.37. The number of hydrogen-bond acceptors (Lipinski definition) is 10. The van der Waals surface area contributed by atoms with Crippen LogP contribution in [0.3, 0.4) is 0 Å². The molecule has 6 rings (SSSR count). The quantitative estimate of drug-likeness (QED) is 0.118. The van der Waals surface area contributed by atoms with Crippen LogP contribution in [0, 0.1) is 0 Å². The van der Waals surface area contributed by atoms with Gasteiger partial charge in [0.05, 0.1) is 41.7 Å². The lowest BCUT2D eigenvalue weighted by atomic mass is 10.0. The Morgan fingerprint density at radius 1 is 0.959 bits per heavy atom. The molecule has 0 atom stereocenters. The molecule has 49 heavy (non-hydrogen) atoms. The first-order valence-corrected chi connectivity index (χ1v) is 20.5. The molecule has 2 aromatic carbocycles. The number of aromatic nitrogens is 5. The van der Waals surface area contributed by atoms with Gasteiger partial charge in [-0.2, -0.15) is 9.97 Å². The minimum Gasteiger partial charge on any atom is -0.506 e. The van der Waals surface area contributed by atoms with E-state index in [1.165, 1.54) is 10.2 Å². The molecule has 3 N–H and O–H groups in total. The number of rotatable bonds is 11. The predicted molar refractivity (Wildman–Crippen MR) is 197 cm³/mol. The van der Waals surface area contributed by atoms with Crippen molar-refractivity contribution in [2.45, 2.75) is 57.8 Å². The second-order valence-electron chi connectivity index (χ2n) is 13.6. The van der Waals surface area contributed by atoms with Gasteiger partial charge in [0.25, 0.3) is 0 Å². The van der Waals surface area contributed by atoms with Crippen LogP contribution in [0.5, 0.6) is 5.75 Å². The third kappa shape index (κ3) is 7.28. The van der Waals surface area contributed by atoms with Gasteiger partial charge in [-0.05, 0) is 65.2 Å². The zero-order valence-corrected chi connectivity index (χ0v) is 30.3. The van der Waals surface area contributed by atoms with Crippen molar-refractivity contribution in [3.05, 3.63) is 102 Å². The maximum Gasteiger partial charge on any atom is 0.244 e. The van der Waals surface area contributed by atoms with Crippen LogP contribution in [0.1, 0.15) is 37.6 Å². The Kier molecular flexibility index (Phi) is 9.18. The van der Waals surface area contributed by atoms with Crippen molar-refractivity contribution in [1.82, 2.24) is 23.9 Å². The van der Waals surface area contributed by atoms with E-state index < -0.39 is 18.3 Å². The van der Waals surface area contributed by atoms with E-state index in [4.69, 9.17) is 9.41 Å². The number of benzene rings is 2. The van der Waals surface area contributed by atoms with Gasteiger partial charge in [0.2, 0.25) is 16.0 Å². The number of fused-ring (bicyclic) bond motifs is 2.